The summed E-state index contributed by atoms with van der Waals surface area (Å²) in [5.41, 5.74) is 10.3. The second-order valence-electron chi connectivity index (χ2n) is 9.17. The second-order valence-corrected chi connectivity index (χ2v) is 9.61. The molecule has 2 aliphatic rings. The van der Waals surface area contributed by atoms with E-state index in [1.165, 1.54) is 0 Å². The molecule has 2 aromatic carbocycles. The zero-order valence-electron chi connectivity index (χ0n) is 17.8. The van der Waals surface area contributed by atoms with Gasteiger partial charge in [-0.1, -0.05) is 55.8 Å². The van der Waals surface area contributed by atoms with Crippen molar-refractivity contribution in [2.24, 2.45) is 11.1 Å². The van der Waals surface area contributed by atoms with E-state index in [1.807, 2.05) is 62.4 Å². The average Bonchev–Trinajstić information content (AvgIpc) is 3.11. The van der Waals surface area contributed by atoms with Crippen molar-refractivity contribution in [1.29, 1.82) is 5.26 Å². The number of carbonyl (C=O) groups excluding carboxylic acids is 1. The number of allylic oxidation sites excluding steroid dienone is 3. The molecule has 0 bridgehead atoms. The molecule has 0 saturated carbocycles. The molecule has 160 valence electrons. The van der Waals surface area contributed by atoms with Gasteiger partial charge < -0.3 is 15.5 Å². The number of para-hydroxylation sites is 1. The van der Waals surface area contributed by atoms with E-state index in [4.69, 9.17) is 22.1 Å². The monoisotopic (exact) mass is 443 g/mol. The minimum atomic E-state index is -0.603. The normalized spacial score (nSPS) is 20.2. The molecular formula is C26H22ClN3O2. The van der Waals surface area contributed by atoms with E-state index < -0.39 is 5.92 Å². The molecule has 0 radical (unpaired) electrons. The summed E-state index contributed by atoms with van der Waals surface area (Å²) >= 11 is 6.12. The lowest BCUT2D eigenvalue weighted by Gasteiger charge is -2.37. The molecule has 5 rings (SSSR count). The number of benzene rings is 2. The third kappa shape index (κ3) is 3.19. The molecule has 6 heteroatoms. The standard InChI is InChI=1S/C26H22ClN3O2/c1-26(2)11-19(31)23-20(12-26)32-25(29)17(13-28)21(23)22-16-5-3-4-6-18(16)30-24(22)14-7-9-15(27)10-8-14/h3-10,21,30H,11-12,29H2,1-2H3. The van der Waals surface area contributed by atoms with Crippen molar-refractivity contribution in [3.8, 4) is 17.3 Å². The van der Waals surface area contributed by atoms with Gasteiger partial charge >= 0.3 is 0 Å². The van der Waals surface area contributed by atoms with Crippen LogP contribution in [-0.4, -0.2) is 10.8 Å². The van der Waals surface area contributed by atoms with Crippen LogP contribution in [0, 0.1) is 16.7 Å². The highest BCUT2D eigenvalue weighted by Gasteiger charge is 2.44. The molecule has 0 spiro atoms. The Bertz CT molecular complexity index is 1370. The van der Waals surface area contributed by atoms with Gasteiger partial charge in [-0.25, -0.2) is 0 Å². The Morgan fingerprint density at radius 3 is 2.59 bits per heavy atom. The van der Waals surface area contributed by atoms with Crippen LogP contribution in [0.15, 0.2) is 71.3 Å². The molecule has 1 aromatic heterocycles. The molecule has 2 heterocycles. The number of aromatic amines is 1. The van der Waals surface area contributed by atoms with E-state index in [1.54, 1.807) is 0 Å². The fourth-order valence-electron chi connectivity index (χ4n) is 4.88. The largest absolute Gasteiger partial charge is 0.444 e. The Morgan fingerprint density at radius 1 is 1.16 bits per heavy atom. The molecule has 0 amide bonds. The highest BCUT2D eigenvalue weighted by Crippen LogP contribution is 2.51. The summed E-state index contributed by atoms with van der Waals surface area (Å²) in [4.78, 5) is 16.9. The molecule has 1 atom stereocenters. The van der Waals surface area contributed by atoms with Gasteiger partial charge in [-0.2, -0.15) is 5.26 Å². The molecule has 5 nitrogen and oxygen atoms in total. The van der Waals surface area contributed by atoms with Gasteiger partial charge in [-0.3, -0.25) is 4.79 Å². The van der Waals surface area contributed by atoms with Gasteiger partial charge in [-0.05, 0) is 34.7 Å². The molecule has 32 heavy (non-hydrogen) atoms. The molecule has 3 N–H and O–H groups in total. The number of hydrogen-bond donors (Lipinski definition) is 2. The van der Waals surface area contributed by atoms with Crippen LogP contribution in [0.2, 0.25) is 5.02 Å². The molecular weight excluding hydrogens is 422 g/mol. The predicted molar refractivity (Wildman–Crippen MR) is 124 cm³/mol. The number of Topliss-reactive ketones (excluding diaryl/α,β-unsaturated/α-hetero) is 1. The van der Waals surface area contributed by atoms with Crippen LogP contribution in [0.5, 0.6) is 0 Å². The Morgan fingerprint density at radius 2 is 1.88 bits per heavy atom. The predicted octanol–water partition coefficient (Wildman–Crippen LogP) is 5.94. The van der Waals surface area contributed by atoms with Gasteiger partial charge in [0.15, 0.2) is 5.78 Å². The lowest BCUT2D eigenvalue weighted by atomic mass is 9.69. The number of halogens is 1. The van der Waals surface area contributed by atoms with Crippen LogP contribution in [0.4, 0.5) is 0 Å². The van der Waals surface area contributed by atoms with E-state index >= 15 is 0 Å². The van der Waals surface area contributed by atoms with Gasteiger partial charge in [-0.15, -0.1) is 0 Å². The van der Waals surface area contributed by atoms with E-state index in [-0.39, 0.29) is 22.7 Å². The highest BCUT2D eigenvalue weighted by atomic mass is 35.5. The lowest BCUT2D eigenvalue weighted by molar-refractivity contribution is -0.119. The number of rotatable bonds is 2. The Kier molecular flexibility index (Phi) is 4.65. The molecule has 3 aromatic rings. The van der Waals surface area contributed by atoms with Crippen molar-refractivity contribution in [2.45, 2.75) is 32.6 Å². The van der Waals surface area contributed by atoms with Crippen molar-refractivity contribution in [3.63, 3.8) is 0 Å². The second kappa shape index (κ2) is 7.29. The van der Waals surface area contributed by atoms with Crippen molar-refractivity contribution in [3.05, 3.63) is 81.9 Å². The Balaban J connectivity index is 1.83. The Hall–Kier alpha value is -3.49. The van der Waals surface area contributed by atoms with Gasteiger partial charge in [0.25, 0.3) is 0 Å². The number of carbonyl (C=O) groups is 1. The van der Waals surface area contributed by atoms with Crippen LogP contribution in [0.25, 0.3) is 22.2 Å². The first kappa shape index (κ1) is 20.4. The lowest BCUT2D eigenvalue weighted by Crippen LogP contribution is -2.33. The van der Waals surface area contributed by atoms with E-state index in [0.29, 0.717) is 29.2 Å². The maximum atomic E-state index is 13.4. The van der Waals surface area contributed by atoms with Crippen LogP contribution < -0.4 is 5.73 Å². The number of hydrogen-bond acceptors (Lipinski definition) is 4. The van der Waals surface area contributed by atoms with Gasteiger partial charge in [0.1, 0.15) is 17.4 Å². The first-order chi connectivity index (χ1) is 15.3. The van der Waals surface area contributed by atoms with E-state index in [2.05, 4.69) is 11.1 Å². The number of nitrogens with zero attached hydrogens (tertiary/aromatic N) is 1. The minimum absolute atomic E-state index is 0.00571. The summed E-state index contributed by atoms with van der Waals surface area (Å²) in [6.07, 6.45) is 0.978. The van der Waals surface area contributed by atoms with Crippen LogP contribution in [0.3, 0.4) is 0 Å². The molecule has 1 aliphatic carbocycles. The molecule has 0 fully saturated rings. The van der Waals surface area contributed by atoms with Gasteiger partial charge in [0.2, 0.25) is 5.88 Å². The summed E-state index contributed by atoms with van der Waals surface area (Å²) in [6.45, 7) is 4.08. The van der Waals surface area contributed by atoms with Gasteiger partial charge in [0, 0.05) is 34.3 Å². The number of ketones is 1. The Labute approximate surface area is 191 Å². The molecule has 1 unspecified atom stereocenters. The SMILES string of the molecule is CC1(C)CC(=O)C2=C(C1)OC(N)=C(C#N)C2c1c(-c2ccc(Cl)cc2)[nH]c2ccccc12. The number of ether oxygens (including phenoxy) is 1. The summed E-state index contributed by atoms with van der Waals surface area (Å²) in [6, 6.07) is 17.6. The summed E-state index contributed by atoms with van der Waals surface area (Å²) in [5.74, 6) is 0.0252. The van der Waals surface area contributed by atoms with Crippen molar-refractivity contribution >= 4 is 28.3 Å². The minimum Gasteiger partial charge on any atom is -0.444 e. The number of aromatic nitrogens is 1. The highest BCUT2D eigenvalue weighted by molar-refractivity contribution is 6.30. The quantitative estimate of drug-likeness (QED) is 0.512. The summed E-state index contributed by atoms with van der Waals surface area (Å²) in [5, 5.41) is 11.6. The number of nitriles is 1. The molecule has 1 aliphatic heterocycles. The van der Waals surface area contributed by atoms with Gasteiger partial charge in [0.05, 0.1) is 11.6 Å². The van der Waals surface area contributed by atoms with E-state index in [9.17, 15) is 10.1 Å². The van der Waals surface area contributed by atoms with Crippen molar-refractivity contribution < 1.29 is 9.53 Å². The first-order valence-corrected chi connectivity index (χ1v) is 10.9. The fraction of sp³-hybridized carbons (Fsp3) is 0.231. The van der Waals surface area contributed by atoms with Crippen LogP contribution in [0.1, 0.15) is 38.2 Å². The average molecular weight is 444 g/mol. The summed E-state index contributed by atoms with van der Waals surface area (Å²) in [7, 11) is 0. The maximum absolute atomic E-state index is 13.4. The maximum Gasteiger partial charge on any atom is 0.205 e. The fourth-order valence-corrected chi connectivity index (χ4v) is 5.01. The smallest absolute Gasteiger partial charge is 0.205 e. The topological polar surface area (TPSA) is 91.9 Å². The third-order valence-corrected chi connectivity index (χ3v) is 6.50. The number of nitrogens with one attached hydrogen (secondary N) is 1. The van der Waals surface area contributed by atoms with E-state index in [0.717, 1.165) is 27.7 Å². The number of fused-ring (bicyclic) bond motifs is 1. The summed E-state index contributed by atoms with van der Waals surface area (Å²) < 4.78 is 5.87. The van der Waals surface area contributed by atoms with Crippen LogP contribution >= 0.6 is 11.6 Å². The number of nitrogens with two attached hydrogens (primary N) is 1. The first-order valence-electron chi connectivity index (χ1n) is 10.5. The van der Waals surface area contributed by atoms with Crippen molar-refractivity contribution in [2.75, 3.05) is 0 Å². The molecule has 0 saturated heterocycles. The van der Waals surface area contributed by atoms with Crippen LogP contribution in [-0.2, 0) is 9.53 Å². The van der Waals surface area contributed by atoms with Crippen molar-refractivity contribution in [1.82, 2.24) is 4.98 Å². The number of H-pyrrole nitrogens is 1. The zero-order chi connectivity index (χ0) is 22.6. The zero-order valence-corrected chi connectivity index (χ0v) is 18.6. The third-order valence-electron chi connectivity index (χ3n) is 6.24.